The minimum Gasteiger partial charge on any atom is -0.477 e. The number of carbonyl (C=O) groups is 4. The molecule has 7 aliphatic heterocycles. The van der Waals surface area contributed by atoms with Gasteiger partial charge in [0.15, 0.2) is 37.7 Å². The number of carbonyl (C=O) groups excluding carboxylic acids is 3. The fourth-order valence-electron chi connectivity index (χ4n) is 16.8. The summed E-state index contributed by atoms with van der Waals surface area (Å²) < 4.78 is 85.3. The van der Waals surface area contributed by atoms with Gasteiger partial charge in [0.1, 0.15) is 159 Å². The summed E-state index contributed by atoms with van der Waals surface area (Å²) in [6.45, 7) is -0.263. The molecule has 0 aromatic heterocycles. The summed E-state index contributed by atoms with van der Waals surface area (Å²) in [7, 11) is 0. The van der Waals surface area contributed by atoms with Crippen LogP contribution in [0.2, 0.25) is 0 Å². The Bertz CT molecular complexity index is 3110. The van der Waals surface area contributed by atoms with Crippen molar-refractivity contribution in [3.63, 3.8) is 0 Å². The number of aliphatic hydroxyl groups excluding tert-OH is 21. The van der Waals surface area contributed by atoms with E-state index in [1.807, 2.05) is 0 Å². The summed E-state index contributed by atoms with van der Waals surface area (Å²) in [5, 5.41) is 256. The fraction of sp³-hybridized carbons (Fsp3) is 0.928. The molecular weight excluding hydrogens is 1680 g/mol. The molecule has 7 aliphatic rings. The van der Waals surface area contributed by atoms with Crippen LogP contribution in [0.4, 0.5) is 0 Å². The molecule has 0 spiro atoms. The number of ether oxygens (including phenoxy) is 14. The molecule has 43 heteroatoms. The van der Waals surface area contributed by atoms with Crippen molar-refractivity contribution < 1.29 is 198 Å². The topological polar surface area (TPSA) is 679 Å². The molecule has 0 saturated carbocycles. The Morgan fingerprint density at radius 2 is 0.849 bits per heavy atom. The van der Waals surface area contributed by atoms with E-state index in [0.29, 0.717) is 12.8 Å². The highest BCUT2D eigenvalue weighted by atomic mass is 16.8. The number of unbranched alkanes of at least 4 members (excludes halogenated alkanes) is 23. The van der Waals surface area contributed by atoms with Crippen LogP contribution in [0.5, 0.6) is 0 Å². The molecule has 0 radical (unpaired) electrons. The number of amides is 3. The predicted molar refractivity (Wildman–Crippen MR) is 433 cm³/mol. The largest absolute Gasteiger partial charge is 0.477 e. The van der Waals surface area contributed by atoms with Gasteiger partial charge in [-0.2, -0.15) is 0 Å². The zero-order valence-corrected chi connectivity index (χ0v) is 72.7. The Hall–Kier alpha value is -3.78. The number of aliphatic carboxylic acids is 1. The van der Waals surface area contributed by atoms with Gasteiger partial charge in [-0.15, -0.1) is 0 Å². The van der Waals surface area contributed by atoms with E-state index >= 15 is 0 Å². The Morgan fingerprint density at radius 3 is 1.38 bits per heavy atom. The fourth-order valence-corrected chi connectivity index (χ4v) is 16.8. The van der Waals surface area contributed by atoms with Gasteiger partial charge in [0.25, 0.3) is 5.79 Å². The van der Waals surface area contributed by atoms with Crippen LogP contribution >= 0.6 is 0 Å². The number of nitrogens with one attached hydrogen (secondary N) is 3. The zero-order valence-electron chi connectivity index (χ0n) is 72.7. The Balaban J connectivity index is 1.20. The van der Waals surface area contributed by atoms with Gasteiger partial charge in [-0.25, -0.2) is 4.79 Å². The molecule has 7 saturated heterocycles. The third-order valence-corrected chi connectivity index (χ3v) is 24.3. The van der Waals surface area contributed by atoms with Crippen molar-refractivity contribution in [3.8, 4) is 0 Å². The summed E-state index contributed by atoms with van der Waals surface area (Å²) in [6, 6.07) is -5.18. The van der Waals surface area contributed by atoms with Gasteiger partial charge < -0.3 is 195 Å². The van der Waals surface area contributed by atoms with Crippen LogP contribution in [0.1, 0.15) is 208 Å². The van der Waals surface area contributed by atoms with Crippen molar-refractivity contribution in [2.45, 2.75) is 441 Å². The molecule has 25 N–H and O–H groups in total. The summed E-state index contributed by atoms with van der Waals surface area (Å²) in [4.78, 5) is 54.1. The lowest BCUT2D eigenvalue weighted by atomic mass is 9.88. The first-order chi connectivity index (χ1) is 60.2. The average Bonchev–Trinajstić information content (AvgIpc) is 0.750. The second-order valence-electron chi connectivity index (χ2n) is 34.2. The van der Waals surface area contributed by atoms with Crippen molar-refractivity contribution >= 4 is 23.7 Å². The van der Waals surface area contributed by atoms with Gasteiger partial charge in [-0.3, -0.25) is 14.4 Å². The molecular formula is C83H147N3O40. The van der Waals surface area contributed by atoms with Gasteiger partial charge in [0.2, 0.25) is 17.7 Å². The monoisotopic (exact) mass is 1830 g/mol. The van der Waals surface area contributed by atoms with Crippen molar-refractivity contribution in [1.82, 2.24) is 16.0 Å². The van der Waals surface area contributed by atoms with E-state index in [9.17, 15) is 132 Å². The Kier molecular flexibility index (Phi) is 47.8. The van der Waals surface area contributed by atoms with E-state index in [-0.39, 0.29) is 6.42 Å². The first kappa shape index (κ1) is 109. The number of carboxylic acid groups (broad SMARTS) is 1. The molecule has 126 heavy (non-hydrogen) atoms. The minimum atomic E-state index is -3.50. The maximum absolute atomic E-state index is 14.1. The molecule has 0 aliphatic carbocycles. The molecule has 0 aromatic carbocycles. The predicted octanol–water partition coefficient (Wildman–Crippen LogP) is -5.15. The summed E-state index contributed by atoms with van der Waals surface area (Å²) in [5.41, 5.74) is 0. The first-order valence-electron chi connectivity index (χ1n) is 45.0. The molecule has 14 unspecified atom stereocenters. The lowest BCUT2D eigenvalue weighted by molar-refractivity contribution is -0.410. The summed E-state index contributed by atoms with van der Waals surface area (Å²) >= 11 is 0. The maximum atomic E-state index is 14.1. The minimum absolute atomic E-state index is 0.0977. The Morgan fingerprint density at radius 1 is 0.429 bits per heavy atom. The normalized spacial score (nSPS) is 38.6. The van der Waals surface area contributed by atoms with E-state index in [1.54, 1.807) is 6.08 Å². The highest BCUT2D eigenvalue weighted by Crippen LogP contribution is 2.43. The van der Waals surface area contributed by atoms with Crippen LogP contribution in [-0.2, 0) is 85.5 Å². The lowest BCUT2D eigenvalue weighted by Gasteiger charge is -2.53. The molecule has 7 fully saturated rings. The molecule has 3 amide bonds. The maximum Gasteiger partial charge on any atom is 0.364 e. The molecule has 0 bridgehead atoms. The molecule has 7 rings (SSSR count). The summed E-state index contributed by atoms with van der Waals surface area (Å²) in [5.74, 6) is -8.11. The SMILES string of the molecule is CCCCCCCCCCCCC/C=C/[C@@H](O)[C@H](CO[C@@H]1OC(CO)[C@@H](O[C@@H]2OC(CO)[C@H](O[C@@H]3OC(CO)[C@H](O)[C@H](O[C@@H]4OC(CO)[C@H](O)[C@H](O[C@H]5OC(CO)[C@H](O)[C@H](O)C5O)C4O[C@H]4OC(C)[C@@H](O)C(O)[C@@H]4O)C3NC(C)=O)[C@H](O[C@]3(C(=O)O)CC(O)[C@@H](NC(C)=O)C([C@H](O)[C@H](O)CO)O3)C2O)[C@H](O)C1O)NC(=O)CCCCCCCCCCCCCCC. The number of aliphatic hydroxyl groups is 21. The van der Waals surface area contributed by atoms with Gasteiger partial charge >= 0.3 is 5.97 Å². The third kappa shape index (κ3) is 30.6. The van der Waals surface area contributed by atoms with Crippen molar-refractivity contribution in [2.24, 2.45) is 0 Å². The lowest BCUT2D eigenvalue weighted by Crippen LogP contribution is -2.72. The highest BCUT2D eigenvalue weighted by Gasteiger charge is 2.64. The molecule has 7 heterocycles. The van der Waals surface area contributed by atoms with E-state index in [4.69, 9.17) is 66.3 Å². The molecule has 734 valence electrons. The average molecular weight is 1830 g/mol. The second kappa shape index (κ2) is 55.2. The smallest absolute Gasteiger partial charge is 0.364 e. The number of allylic oxidation sites excluding steroid dienone is 1. The van der Waals surface area contributed by atoms with E-state index < -0.39 is 309 Å². The third-order valence-electron chi connectivity index (χ3n) is 24.3. The second-order valence-corrected chi connectivity index (χ2v) is 34.2. The van der Waals surface area contributed by atoms with Crippen LogP contribution in [0.3, 0.4) is 0 Å². The van der Waals surface area contributed by atoms with Crippen LogP contribution in [0.15, 0.2) is 12.2 Å². The van der Waals surface area contributed by atoms with Gasteiger partial charge in [0.05, 0.1) is 76.6 Å². The number of carboxylic acids is 1. The number of hydrogen-bond acceptors (Lipinski definition) is 39. The van der Waals surface area contributed by atoms with Crippen LogP contribution < -0.4 is 16.0 Å². The van der Waals surface area contributed by atoms with Gasteiger partial charge in [-0.1, -0.05) is 167 Å². The zero-order chi connectivity index (χ0) is 92.6. The van der Waals surface area contributed by atoms with Crippen molar-refractivity contribution in [3.05, 3.63) is 12.2 Å². The van der Waals surface area contributed by atoms with Crippen LogP contribution in [0, 0.1) is 0 Å². The van der Waals surface area contributed by atoms with E-state index in [1.165, 1.54) is 96.5 Å². The van der Waals surface area contributed by atoms with E-state index in [0.717, 1.165) is 78.1 Å². The quantitative estimate of drug-likeness (QED) is 0.0200. The van der Waals surface area contributed by atoms with Gasteiger partial charge in [-0.05, 0) is 26.2 Å². The highest BCUT2D eigenvalue weighted by molar-refractivity contribution is 5.77. The van der Waals surface area contributed by atoms with Crippen LogP contribution in [0.25, 0.3) is 0 Å². The molecule has 0 aromatic rings. The Labute approximate surface area is 733 Å². The summed E-state index contributed by atoms with van der Waals surface area (Å²) in [6.07, 6.45) is -43.6. The first-order valence-corrected chi connectivity index (χ1v) is 45.0. The van der Waals surface area contributed by atoms with Crippen LogP contribution in [-0.4, -0.2) is 415 Å². The standard InChI is InChI=1S/C83H147N3O40/c1-6-8-10-12-14-16-18-20-22-24-26-28-30-32-46(95)45(86-54(98)33-31-29-27-25-23-21-19-17-15-13-11-9-7-2)41-113-77-67(109)64(106)69(52(39-91)118-77)120-80-68(110)74(126-83(82(111)112)34-47(96)55(84-43(4)93)72(125-83)58(100)48(97)35-87)70(53(40-92)119-80)121-76-56(85-44(5)94)71(60(102)50(37-89)115-76)122-81-75(124-78-65(107)62(104)57(99)42(3)114-78)73(61(103)51(38-90)117-81)123-79-66(108)63(105)59(101)49(36-88)116-79/h30,32,42,45-53,55-81,87-92,95-97,99-110H,6-29,31,33-41H2,1-5H3,(H,84,93)(H,85,94)(H,86,98)(H,111,112)/b32-30+/t42?,45-,46+,47?,48+,49?,50?,51?,52?,53?,55+,56?,57+,58+,59-,60-,61-,62?,63-,64+,65-,66?,67?,68?,69+,70-,71+,72?,73-,74+,75?,76-,77+,78+,79+,80-,81-,83-/m0/s1. The number of hydrogen-bond donors (Lipinski definition) is 25. The van der Waals surface area contributed by atoms with Gasteiger partial charge in [0, 0.05) is 26.7 Å². The molecule has 38 atom stereocenters. The van der Waals surface area contributed by atoms with E-state index in [2.05, 4.69) is 29.8 Å². The molecule has 43 nitrogen and oxygen atoms in total. The van der Waals surface area contributed by atoms with Crippen molar-refractivity contribution in [1.29, 1.82) is 0 Å². The van der Waals surface area contributed by atoms with Crippen molar-refractivity contribution in [2.75, 3.05) is 46.2 Å². The number of rotatable bonds is 55.